The number of nitrogens with two attached hydrogens (primary N) is 1. The molecular weight excluding hydrogens is 262 g/mol. The van der Waals surface area contributed by atoms with Crippen molar-refractivity contribution >= 4 is 10.0 Å². The summed E-state index contributed by atoms with van der Waals surface area (Å²) in [6, 6.07) is 9.83. The highest BCUT2D eigenvalue weighted by Gasteiger charge is 2.15. The number of hydrogen-bond acceptors (Lipinski definition) is 3. The molecule has 0 aliphatic heterocycles. The predicted molar refractivity (Wildman–Crippen MR) is 73.1 cm³/mol. The number of rotatable bonds is 5. The van der Waals surface area contributed by atoms with Gasteiger partial charge < -0.3 is 4.57 Å². The number of benzene rings is 1. The number of aromatic nitrogens is 2. The molecule has 0 aliphatic carbocycles. The third-order valence-corrected chi connectivity index (χ3v) is 3.58. The van der Waals surface area contributed by atoms with E-state index in [1.807, 2.05) is 41.8 Å². The van der Waals surface area contributed by atoms with E-state index in [1.165, 1.54) is 6.20 Å². The minimum Gasteiger partial charge on any atom is -0.329 e. The highest BCUT2D eigenvalue weighted by atomic mass is 32.2. The van der Waals surface area contributed by atoms with Gasteiger partial charge in [0.15, 0.2) is 5.03 Å². The number of primary sulfonamides is 1. The first-order valence-corrected chi connectivity index (χ1v) is 7.68. The Labute approximate surface area is 113 Å². The quantitative estimate of drug-likeness (QED) is 0.901. The second-order valence-corrected chi connectivity index (χ2v) is 5.91. The fourth-order valence-electron chi connectivity index (χ4n) is 1.91. The van der Waals surface area contributed by atoms with Crippen molar-refractivity contribution < 1.29 is 8.42 Å². The Kier molecular flexibility index (Phi) is 4.01. The summed E-state index contributed by atoms with van der Waals surface area (Å²) in [6.07, 6.45) is 3.13. The van der Waals surface area contributed by atoms with E-state index in [0.29, 0.717) is 6.54 Å². The molecule has 0 fully saturated rings. The number of aryl methyl sites for hydroxylation is 1. The molecule has 0 unspecified atom stereocenters. The standard InChI is InChI=1S/C13H17N3O2S/c1-2-6-12-15-13(19(14,17)18)10-16(12)9-11-7-4-3-5-8-11/h3-5,7-8,10H,2,6,9H2,1H3,(H2,14,17,18). The summed E-state index contributed by atoms with van der Waals surface area (Å²) in [4.78, 5) is 4.12. The molecule has 0 amide bonds. The van der Waals surface area contributed by atoms with Crippen LogP contribution in [-0.2, 0) is 23.0 Å². The van der Waals surface area contributed by atoms with Crippen LogP contribution in [0.3, 0.4) is 0 Å². The Morgan fingerprint density at radius 2 is 1.95 bits per heavy atom. The lowest BCUT2D eigenvalue weighted by Gasteiger charge is -2.06. The Morgan fingerprint density at radius 1 is 1.26 bits per heavy atom. The topological polar surface area (TPSA) is 78.0 Å². The normalized spacial score (nSPS) is 11.7. The Hall–Kier alpha value is -1.66. The van der Waals surface area contributed by atoms with Crippen LogP contribution in [0, 0.1) is 0 Å². The maximum Gasteiger partial charge on any atom is 0.257 e. The van der Waals surface area contributed by atoms with Gasteiger partial charge in [-0.05, 0) is 12.0 Å². The fraction of sp³-hybridized carbons (Fsp3) is 0.308. The van der Waals surface area contributed by atoms with Crippen molar-refractivity contribution in [1.29, 1.82) is 0 Å². The molecule has 1 heterocycles. The van der Waals surface area contributed by atoms with E-state index in [1.54, 1.807) is 0 Å². The summed E-state index contributed by atoms with van der Waals surface area (Å²) in [6.45, 7) is 2.62. The van der Waals surface area contributed by atoms with E-state index in [-0.39, 0.29) is 5.03 Å². The van der Waals surface area contributed by atoms with Gasteiger partial charge in [0.05, 0.1) is 0 Å². The molecule has 0 spiro atoms. The molecule has 0 bridgehead atoms. The van der Waals surface area contributed by atoms with Gasteiger partial charge in [0.2, 0.25) is 0 Å². The van der Waals surface area contributed by atoms with Crippen molar-refractivity contribution in [3.05, 3.63) is 47.9 Å². The Bertz CT molecular complexity index is 648. The molecule has 2 rings (SSSR count). The van der Waals surface area contributed by atoms with Gasteiger partial charge in [-0.3, -0.25) is 0 Å². The predicted octanol–water partition coefficient (Wildman–Crippen LogP) is 1.53. The van der Waals surface area contributed by atoms with Crippen LogP contribution in [0.5, 0.6) is 0 Å². The largest absolute Gasteiger partial charge is 0.329 e. The molecule has 0 saturated carbocycles. The first kappa shape index (κ1) is 13.8. The van der Waals surface area contributed by atoms with Crippen LogP contribution in [-0.4, -0.2) is 18.0 Å². The van der Waals surface area contributed by atoms with Crippen molar-refractivity contribution in [3.8, 4) is 0 Å². The lowest BCUT2D eigenvalue weighted by atomic mass is 10.2. The second-order valence-electron chi connectivity index (χ2n) is 4.40. The minimum absolute atomic E-state index is 0.0631. The van der Waals surface area contributed by atoms with Crippen LogP contribution in [0.2, 0.25) is 0 Å². The van der Waals surface area contributed by atoms with E-state index in [4.69, 9.17) is 5.14 Å². The molecule has 1 aromatic carbocycles. The van der Waals surface area contributed by atoms with Gasteiger partial charge >= 0.3 is 0 Å². The minimum atomic E-state index is -3.75. The number of sulfonamides is 1. The van der Waals surface area contributed by atoms with Gasteiger partial charge in [0, 0.05) is 19.2 Å². The first-order chi connectivity index (χ1) is 9.00. The van der Waals surface area contributed by atoms with Crippen LogP contribution >= 0.6 is 0 Å². The molecule has 19 heavy (non-hydrogen) atoms. The first-order valence-electron chi connectivity index (χ1n) is 6.13. The third-order valence-electron chi connectivity index (χ3n) is 2.80. The summed E-state index contributed by atoms with van der Waals surface area (Å²) in [5, 5.41) is 5.06. The summed E-state index contributed by atoms with van der Waals surface area (Å²) in [5.74, 6) is 0.746. The van der Waals surface area contributed by atoms with Gasteiger partial charge in [-0.1, -0.05) is 37.3 Å². The van der Waals surface area contributed by atoms with E-state index >= 15 is 0 Å². The molecule has 102 valence electrons. The van der Waals surface area contributed by atoms with E-state index in [2.05, 4.69) is 4.98 Å². The summed E-state index contributed by atoms with van der Waals surface area (Å²) < 4.78 is 24.6. The van der Waals surface area contributed by atoms with Crippen molar-refractivity contribution in [2.24, 2.45) is 5.14 Å². The van der Waals surface area contributed by atoms with Gasteiger partial charge in [0.1, 0.15) is 5.82 Å². The summed E-state index contributed by atoms with van der Waals surface area (Å²) >= 11 is 0. The summed E-state index contributed by atoms with van der Waals surface area (Å²) in [7, 11) is -3.75. The number of imidazole rings is 1. The van der Waals surface area contributed by atoms with Crippen LogP contribution in [0.4, 0.5) is 0 Å². The average molecular weight is 279 g/mol. The highest BCUT2D eigenvalue weighted by Crippen LogP contribution is 2.12. The molecular formula is C13H17N3O2S. The maximum atomic E-state index is 11.4. The summed E-state index contributed by atoms with van der Waals surface area (Å²) in [5.41, 5.74) is 1.10. The zero-order valence-corrected chi connectivity index (χ0v) is 11.6. The van der Waals surface area contributed by atoms with Gasteiger partial charge in [-0.15, -0.1) is 0 Å². The molecule has 0 atom stereocenters. The van der Waals surface area contributed by atoms with E-state index in [0.717, 1.165) is 24.2 Å². The second kappa shape index (κ2) is 5.54. The van der Waals surface area contributed by atoms with E-state index < -0.39 is 10.0 Å². The molecule has 6 heteroatoms. The van der Waals surface area contributed by atoms with Crippen molar-refractivity contribution in [2.75, 3.05) is 0 Å². The Morgan fingerprint density at radius 3 is 2.53 bits per heavy atom. The van der Waals surface area contributed by atoms with Crippen molar-refractivity contribution in [2.45, 2.75) is 31.3 Å². The van der Waals surface area contributed by atoms with Gasteiger partial charge in [-0.25, -0.2) is 18.5 Å². The zero-order valence-electron chi connectivity index (χ0n) is 10.8. The molecule has 0 saturated heterocycles. The Balaban J connectivity index is 2.35. The van der Waals surface area contributed by atoms with Crippen molar-refractivity contribution in [1.82, 2.24) is 9.55 Å². The molecule has 0 radical (unpaired) electrons. The highest BCUT2D eigenvalue weighted by molar-refractivity contribution is 7.89. The van der Waals surface area contributed by atoms with Gasteiger partial charge in [-0.2, -0.15) is 0 Å². The maximum absolute atomic E-state index is 11.4. The average Bonchev–Trinajstić information content (AvgIpc) is 2.74. The number of nitrogens with zero attached hydrogens (tertiary/aromatic N) is 2. The lowest BCUT2D eigenvalue weighted by molar-refractivity contribution is 0.594. The number of hydrogen-bond donors (Lipinski definition) is 1. The van der Waals surface area contributed by atoms with E-state index in [9.17, 15) is 8.42 Å². The van der Waals surface area contributed by atoms with Crippen molar-refractivity contribution in [3.63, 3.8) is 0 Å². The van der Waals surface area contributed by atoms with Crippen LogP contribution < -0.4 is 5.14 Å². The molecule has 1 aromatic heterocycles. The molecule has 2 aromatic rings. The van der Waals surface area contributed by atoms with Crippen LogP contribution in [0.25, 0.3) is 0 Å². The molecule has 5 nitrogen and oxygen atoms in total. The zero-order chi connectivity index (χ0) is 13.9. The van der Waals surface area contributed by atoms with Crippen LogP contribution in [0.1, 0.15) is 24.7 Å². The fourth-order valence-corrected chi connectivity index (χ4v) is 2.41. The molecule has 0 aliphatic rings. The monoisotopic (exact) mass is 279 g/mol. The lowest BCUT2D eigenvalue weighted by Crippen LogP contribution is -2.12. The molecule has 2 N–H and O–H groups in total. The third kappa shape index (κ3) is 3.42. The van der Waals surface area contributed by atoms with Crippen LogP contribution in [0.15, 0.2) is 41.6 Å². The smallest absolute Gasteiger partial charge is 0.257 e. The van der Waals surface area contributed by atoms with Gasteiger partial charge in [0.25, 0.3) is 10.0 Å². The SMILES string of the molecule is CCCc1nc(S(N)(=O)=O)cn1Cc1ccccc1.